The standard InChI is InChI=1S/C17H14FN5O2S/c18-8-1-3-9(4-2-8)23-7-11-12(22-23)6-5-10-13(15(19)24)16(21-17(20)25)26-14(10)11/h1-4,7H,5-6H2,(H2,19,24)(H3,20,21,25). The molecular weight excluding hydrogens is 357 g/mol. The molecule has 26 heavy (non-hydrogen) atoms. The summed E-state index contributed by atoms with van der Waals surface area (Å²) in [4.78, 5) is 24.0. The van der Waals surface area contributed by atoms with E-state index in [-0.39, 0.29) is 5.82 Å². The monoisotopic (exact) mass is 371 g/mol. The Morgan fingerprint density at radius 1 is 1.19 bits per heavy atom. The molecule has 5 N–H and O–H groups in total. The molecule has 0 fully saturated rings. The highest BCUT2D eigenvalue weighted by Crippen LogP contribution is 2.44. The van der Waals surface area contributed by atoms with Crippen LogP contribution >= 0.6 is 11.3 Å². The zero-order valence-electron chi connectivity index (χ0n) is 13.5. The number of nitrogens with zero attached hydrogens (tertiary/aromatic N) is 2. The van der Waals surface area contributed by atoms with E-state index in [0.717, 1.165) is 27.4 Å². The van der Waals surface area contributed by atoms with Crippen molar-refractivity contribution in [1.82, 2.24) is 9.78 Å². The van der Waals surface area contributed by atoms with E-state index in [4.69, 9.17) is 11.5 Å². The molecule has 0 saturated carbocycles. The molecule has 3 aromatic rings. The summed E-state index contributed by atoms with van der Waals surface area (Å²) in [5.74, 6) is -0.930. The van der Waals surface area contributed by atoms with Crippen LogP contribution in [0.3, 0.4) is 0 Å². The predicted molar refractivity (Wildman–Crippen MR) is 96.0 cm³/mol. The van der Waals surface area contributed by atoms with Crippen molar-refractivity contribution in [3.63, 3.8) is 0 Å². The first-order valence-electron chi connectivity index (χ1n) is 7.81. The zero-order valence-corrected chi connectivity index (χ0v) is 14.3. The molecule has 132 valence electrons. The van der Waals surface area contributed by atoms with Crippen LogP contribution in [0.15, 0.2) is 30.5 Å². The number of nitrogens with one attached hydrogen (secondary N) is 1. The third-order valence-corrected chi connectivity index (χ3v) is 5.41. The Hall–Kier alpha value is -3.20. The number of carbonyl (C=O) groups is 2. The van der Waals surface area contributed by atoms with Gasteiger partial charge in [0.05, 0.1) is 16.9 Å². The fourth-order valence-electron chi connectivity index (χ4n) is 3.14. The summed E-state index contributed by atoms with van der Waals surface area (Å²) in [6.45, 7) is 0. The first-order valence-corrected chi connectivity index (χ1v) is 8.62. The van der Waals surface area contributed by atoms with E-state index in [9.17, 15) is 14.0 Å². The molecule has 0 spiro atoms. The topological polar surface area (TPSA) is 116 Å². The molecule has 3 amide bonds. The van der Waals surface area contributed by atoms with Crippen LogP contribution in [0, 0.1) is 5.82 Å². The summed E-state index contributed by atoms with van der Waals surface area (Å²) in [5, 5.41) is 7.39. The Labute approximate surface area is 151 Å². The number of aromatic nitrogens is 2. The minimum atomic E-state index is -0.756. The van der Waals surface area contributed by atoms with E-state index in [1.807, 2.05) is 6.20 Å². The van der Waals surface area contributed by atoms with E-state index in [1.54, 1.807) is 16.8 Å². The van der Waals surface area contributed by atoms with Crippen molar-refractivity contribution in [2.75, 3.05) is 5.32 Å². The van der Waals surface area contributed by atoms with Gasteiger partial charge in [0.2, 0.25) is 0 Å². The number of hydrogen-bond donors (Lipinski definition) is 3. The van der Waals surface area contributed by atoms with Crippen molar-refractivity contribution in [3.8, 4) is 16.1 Å². The van der Waals surface area contributed by atoms with E-state index >= 15 is 0 Å². The first-order chi connectivity index (χ1) is 12.4. The number of benzene rings is 1. The molecule has 0 unspecified atom stereocenters. The van der Waals surface area contributed by atoms with Gasteiger partial charge in [-0.1, -0.05) is 0 Å². The normalized spacial score (nSPS) is 12.3. The largest absolute Gasteiger partial charge is 0.365 e. The number of urea groups is 1. The number of fused-ring (bicyclic) bond motifs is 3. The zero-order chi connectivity index (χ0) is 18.4. The van der Waals surface area contributed by atoms with Gasteiger partial charge in [-0.3, -0.25) is 10.1 Å². The Morgan fingerprint density at radius 3 is 2.58 bits per heavy atom. The molecule has 9 heteroatoms. The molecule has 1 aromatic carbocycles. The van der Waals surface area contributed by atoms with Gasteiger partial charge in [-0.25, -0.2) is 13.9 Å². The molecule has 0 bridgehead atoms. The molecule has 1 aliphatic carbocycles. The summed E-state index contributed by atoms with van der Waals surface area (Å²) >= 11 is 1.25. The van der Waals surface area contributed by atoms with Crippen LogP contribution in [0.25, 0.3) is 16.1 Å². The first kappa shape index (κ1) is 16.3. The molecule has 1 aliphatic rings. The second kappa shape index (κ2) is 5.95. The third-order valence-electron chi connectivity index (χ3n) is 4.23. The number of nitrogens with two attached hydrogens (primary N) is 2. The lowest BCUT2D eigenvalue weighted by Gasteiger charge is -2.11. The minimum Gasteiger partial charge on any atom is -0.365 e. The number of anilines is 1. The van der Waals surface area contributed by atoms with Crippen molar-refractivity contribution in [1.29, 1.82) is 0 Å². The highest BCUT2D eigenvalue weighted by molar-refractivity contribution is 7.20. The summed E-state index contributed by atoms with van der Waals surface area (Å²) in [7, 11) is 0. The number of aryl methyl sites for hydroxylation is 1. The fraction of sp³-hybridized carbons (Fsp3) is 0.118. The van der Waals surface area contributed by atoms with Crippen LogP contribution < -0.4 is 16.8 Å². The molecular formula is C17H14FN5O2S. The maximum Gasteiger partial charge on any atom is 0.317 e. The van der Waals surface area contributed by atoms with Crippen LogP contribution in [0.5, 0.6) is 0 Å². The van der Waals surface area contributed by atoms with Crippen LogP contribution in [-0.4, -0.2) is 21.7 Å². The van der Waals surface area contributed by atoms with E-state index < -0.39 is 11.9 Å². The second-order valence-electron chi connectivity index (χ2n) is 5.88. The number of rotatable bonds is 3. The SMILES string of the molecule is NC(=O)Nc1sc2c(c1C(N)=O)CCc1nn(-c3ccc(F)cc3)cc1-2. The van der Waals surface area contributed by atoms with Gasteiger partial charge in [-0.15, -0.1) is 11.3 Å². The van der Waals surface area contributed by atoms with Gasteiger partial charge < -0.3 is 11.5 Å². The average Bonchev–Trinajstić information content (AvgIpc) is 3.15. The Kier molecular flexibility index (Phi) is 3.73. The Morgan fingerprint density at radius 2 is 1.92 bits per heavy atom. The van der Waals surface area contributed by atoms with E-state index in [2.05, 4.69) is 10.4 Å². The van der Waals surface area contributed by atoms with Gasteiger partial charge in [0, 0.05) is 16.6 Å². The Balaban J connectivity index is 1.83. The van der Waals surface area contributed by atoms with Gasteiger partial charge in [0.1, 0.15) is 10.8 Å². The minimum absolute atomic E-state index is 0.295. The predicted octanol–water partition coefficient (Wildman–Crippen LogP) is 2.43. The molecule has 0 radical (unpaired) electrons. The van der Waals surface area contributed by atoms with Crippen molar-refractivity contribution >= 4 is 28.3 Å². The number of thiophene rings is 1. The summed E-state index contributed by atoms with van der Waals surface area (Å²) in [6.07, 6.45) is 3.04. The number of hydrogen-bond acceptors (Lipinski definition) is 4. The summed E-state index contributed by atoms with van der Waals surface area (Å²) < 4.78 is 14.8. The fourth-order valence-corrected chi connectivity index (χ4v) is 4.42. The number of amides is 3. The molecule has 7 nitrogen and oxygen atoms in total. The maximum atomic E-state index is 13.1. The van der Waals surface area contributed by atoms with Crippen LogP contribution in [0.1, 0.15) is 21.6 Å². The summed E-state index contributed by atoms with van der Waals surface area (Å²) in [5.41, 5.74) is 14.2. The molecule has 0 atom stereocenters. The molecule has 0 aliphatic heterocycles. The lowest BCUT2D eigenvalue weighted by atomic mass is 9.94. The Bertz CT molecular complexity index is 1040. The van der Waals surface area contributed by atoms with Crippen LogP contribution in [0.2, 0.25) is 0 Å². The lowest BCUT2D eigenvalue weighted by molar-refractivity contribution is 0.100. The van der Waals surface area contributed by atoms with Crippen molar-refractivity contribution in [3.05, 3.63) is 53.1 Å². The van der Waals surface area contributed by atoms with Crippen molar-refractivity contribution in [2.24, 2.45) is 11.5 Å². The second-order valence-corrected chi connectivity index (χ2v) is 6.90. The van der Waals surface area contributed by atoms with Crippen LogP contribution in [-0.2, 0) is 12.8 Å². The van der Waals surface area contributed by atoms with E-state index in [1.165, 1.54) is 23.5 Å². The maximum absolute atomic E-state index is 13.1. The highest BCUT2D eigenvalue weighted by atomic mass is 32.1. The number of carbonyl (C=O) groups excluding carboxylic acids is 2. The molecule has 2 heterocycles. The van der Waals surface area contributed by atoms with Gasteiger partial charge in [0.25, 0.3) is 5.91 Å². The summed E-state index contributed by atoms with van der Waals surface area (Å²) in [6, 6.07) is 5.25. The van der Waals surface area contributed by atoms with Gasteiger partial charge >= 0.3 is 6.03 Å². The lowest BCUT2D eigenvalue weighted by Crippen LogP contribution is -2.22. The van der Waals surface area contributed by atoms with Crippen molar-refractivity contribution < 1.29 is 14.0 Å². The smallest absolute Gasteiger partial charge is 0.317 e. The van der Waals surface area contributed by atoms with Gasteiger partial charge in [-0.05, 0) is 42.7 Å². The van der Waals surface area contributed by atoms with Gasteiger partial charge in [-0.2, -0.15) is 5.10 Å². The molecule has 4 rings (SSSR count). The van der Waals surface area contributed by atoms with E-state index in [0.29, 0.717) is 23.4 Å². The quantitative estimate of drug-likeness (QED) is 0.656. The molecule has 2 aromatic heterocycles. The average molecular weight is 371 g/mol. The van der Waals surface area contributed by atoms with Gasteiger partial charge in [0.15, 0.2) is 0 Å². The van der Waals surface area contributed by atoms with Crippen LogP contribution in [0.4, 0.5) is 14.2 Å². The number of halogens is 1. The van der Waals surface area contributed by atoms with Crippen molar-refractivity contribution in [2.45, 2.75) is 12.8 Å². The highest BCUT2D eigenvalue weighted by Gasteiger charge is 2.29. The number of primary amides is 2. The third kappa shape index (κ3) is 2.62. The molecule has 0 saturated heterocycles.